The Morgan fingerprint density at radius 2 is 1.16 bits per heavy atom. The third kappa shape index (κ3) is 6.95. The number of hydrogen-bond donors (Lipinski definition) is 0. The van der Waals surface area contributed by atoms with E-state index in [-0.39, 0.29) is 28.4 Å². The van der Waals surface area contributed by atoms with Crippen LogP contribution in [-0.4, -0.2) is 6.71 Å². The maximum absolute atomic E-state index is 6.81. The number of rotatable bonds is 10. The number of fused-ring (bicyclic) bond motifs is 10. The number of unbranched alkanes of at least 4 members (excludes halogenated alkanes) is 1. The molecule has 1 aromatic heterocycles. The van der Waals surface area contributed by atoms with Crippen LogP contribution in [0.3, 0.4) is 0 Å². The molecule has 7 aromatic rings. The van der Waals surface area contributed by atoms with Crippen molar-refractivity contribution in [3.05, 3.63) is 137 Å². The smallest absolute Gasteiger partial charge is 0.252 e. The summed E-state index contributed by atoms with van der Waals surface area (Å²) in [6.45, 7) is 29.4. The zero-order valence-corrected chi connectivity index (χ0v) is 43.4. The summed E-state index contributed by atoms with van der Waals surface area (Å²) < 4.78 is 6.81. The molecule has 350 valence electrons. The maximum Gasteiger partial charge on any atom is 0.252 e. The van der Waals surface area contributed by atoms with Gasteiger partial charge in [-0.2, -0.15) is 0 Å². The van der Waals surface area contributed by atoms with Crippen molar-refractivity contribution < 1.29 is 4.42 Å². The van der Waals surface area contributed by atoms with Gasteiger partial charge in [0, 0.05) is 33.8 Å². The lowest BCUT2D eigenvalue weighted by molar-refractivity contribution is 0.332. The third-order valence-electron chi connectivity index (χ3n) is 18.0. The lowest BCUT2D eigenvalue weighted by atomic mass is 9.33. The van der Waals surface area contributed by atoms with Crippen LogP contribution in [0.1, 0.15) is 193 Å². The summed E-state index contributed by atoms with van der Waals surface area (Å²) in [5.41, 5.74) is 23.0. The quantitative estimate of drug-likeness (QED) is 0.128. The topological polar surface area (TPSA) is 19.6 Å². The van der Waals surface area contributed by atoms with Gasteiger partial charge in [-0.05, 0) is 183 Å². The van der Waals surface area contributed by atoms with E-state index in [2.05, 4.69) is 196 Å². The normalized spacial score (nSPS) is 19.0. The van der Waals surface area contributed by atoms with Gasteiger partial charge < -0.3 is 14.2 Å². The minimum Gasteiger partial charge on any atom is -0.456 e. The van der Waals surface area contributed by atoms with E-state index in [4.69, 9.17) is 4.42 Å². The zero-order valence-electron chi connectivity index (χ0n) is 43.4. The van der Waals surface area contributed by atoms with Crippen molar-refractivity contribution in [2.24, 2.45) is 0 Å². The minimum absolute atomic E-state index is 0.0167. The Labute approximate surface area is 408 Å². The molecule has 0 amide bonds. The molecule has 2 aliphatic heterocycles. The Kier molecular flexibility index (Phi) is 10.8. The van der Waals surface area contributed by atoms with Crippen molar-refractivity contribution in [3.63, 3.8) is 0 Å². The summed E-state index contributed by atoms with van der Waals surface area (Å²) in [5.74, 6) is 0.949. The van der Waals surface area contributed by atoms with E-state index in [1.807, 2.05) is 0 Å². The lowest BCUT2D eigenvalue weighted by Gasteiger charge is -2.48. The molecule has 0 saturated heterocycles. The Balaban J connectivity index is 1.28. The molecule has 0 radical (unpaired) electrons. The van der Waals surface area contributed by atoms with Crippen LogP contribution in [0.4, 0.5) is 34.1 Å². The molecular formula is C64H75BN2O. The van der Waals surface area contributed by atoms with E-state index in [1.165, 1.54) is 146 Å². The van der Waals surface area contributed by atoms with Gasteiger partial charge in [-0.1, -0.05) is 151 Å². The standard InChI is InChI=1S/C64H75BN2O/c1-13-16-20-40(4)43-35-54-59-55(36-43)67(44-25-23-42(24-26-44)41(15-3)19-14-2)60-51(29-30-57-58(60)46-21-17-18-22-56(46)68-57)65(59)52-38-49-50(64(11,12)34-33-63(49,9)10)39-53(52)66(54)45-27-28-47-48(37-45)62(7,8)32-31-61(47,5)6/h17-18,21-30,35-41H,13-16,19-20,31-34H2,1-12H3. The van der Waals surface area contributed by atoms with Crippen LogP contribution in [0.5, 0.6) is 0 Å². The van der Waals surface area contributed by atoms with E-state index in [9.17, 15) is 0 Å². The SMILES string of the molecule is CCCCC(C)c1cc2c3c(c1)N(c1ccc(C(CC)CCC)cc1)c1c(ccc4oc5ccccc5c14)B3c1cc3c(cc1N2c1ccc2c(c1)C(C)(C)CCC2(C)C)C(C)(C)CCC3(C)C. The average molecular weight is 899 g/mol. The Morgan fingerprint density at radius 1 is 0.544 bits per heavy atom. The van der Waals surface area contributed by atoms with Gasteiger partial charge in [0.1, 0.15) is 11.2 Å². The summed E-state index contributed by atoms with van der Waals surface area (Å²) in [6, 6.07) is 41.4. The third-order valence-corrected chi connectivity index (χ3v) is 18.0. The summed E-state index contributed by atoms with van der Waals surface area (Å²) in [7, 11) is 0. The maximum atomic E-state index is 6.81. The molecule has 3 nitrogen and oxygen atoms in total. The van der Waals surface area contributed by atoms with Crippen LogP contribution in [0, 0.1) is 0 Å². The predicted octanol–water partition coefficient (Wildman–Crippen LogP) is 17.0. The van der Waals surface area contributed by atoms with Gasteiger partial charge in [0.2, 0.25) is 0 Å². The Bertz CT molecular complexity index is 3110. The number of para-hydroxylation sites is 1. The van der Waals surface area contributed by atoms with Crippen LogP contribution < -0.4 is 26.2 Å². The molecule has 68 heavy (non-hydrogen) atoms. The van der Waals surface area contributed by atoms with E-state index in [1.54, 1.807) is 0 Å². The van der Waals surface area contributed by atoms with Crippen molar-refractivity contribution in [2.45, 2.75) is 181 Å². The lowest BCUT2D eigenvalue weighted by Crippen LogP contribution is -2.62. The molecule has 0 fully saturated rings. The van der Waals surface area contributed by atoms with E-state index >= 15 is 0 Å². The zero-order chi connectivity index (χ0) is 47.7. The number of furan rings is 1. The molecule has 11 rings (SSSR count). The summed E-state index contributed by atoms with van der Waals surface area (Å²) in [4.78, 5) is 5.41. The van der Waals surface area contributed by atoms with Crippen molar-refractivity contribution in [3.8, 4) is 0 Å². The Morgan fingerprint density at radius 3 is 1.82 bits per heavy atom. The number of nitrogens with zero attached hydrogens (tertiary/aromatic N) is 2. The molecule has 6 aromatic carbocycles. The highest BCUT2D eigenvalue weighted by Crippen LogP contribution is 2.54. The summed E-state index contributed by atoms with van der Waals surface area (Å²) >= 11 is 0. The van der Waals surface area contributed by atoms with Gasteiger partial charge in [0.25, 0.3) is 6.71 Å². The van der Waals surface area contributed by atoms with Gasteiger partial charge >= 0.3 is 0 Å². The van der Waals surface area contributed by atoms with Crippen molar-refractivity contribution >= 4 is 79.2 Å². The fraction of sp³-hybridized carbons (Fsp3) is 0.438. The van der Waals surface area contributed by atoms with Crippen molar-refractivity contribution in [1.29, 1.82) is 0 Å². The van der Waals surface area contributed by atoms with E-state index in [0.29, 0.717) is 11.8 Å². The van der Waals surface area contributed by atoms with Gasteiger partial charge in [-0.3, -0.25) is 0 Å². The molecule has 2 unspecified atom stereocenters. The molecule has 4 heteroatoms. The highest BCUT2D eigenvalue weighted by Gasteiger charge is 2.48. The largest absolute Gasteiger partial charge is 0.456 e. The van der Waals surface area contributed by atoms with Crippen molar-refractivity contribution in [1.82, 2.24) is 0 Å². The Hall–Kier alpha value is -5.22. The molecule has 4 aliphatic rings. The van der Waals surface area contributed by atoms with Crippen LogP contribution in [0.15, 0.2) is 108 Å². The first-order valence-electron chi connectivity index (χ1n) is 26.6. The first-order chi connectivity index (χ1) is 32.5. The molecule has 0 bridgehead atoms. The number of hydrogen-bond acceptors (Lipinski definition) is 3. The van der Waals surface area contributed by atoms with Gasteiger partial charge in [0.05, 0.1) is 11.1 Å². The van der Waals surface area contributed by atoms with Crippen LogP contribution in [0.2, 0.25) is 0 Å². The van der Waals surface area contributed by atoms with E-state index < -0.39 is 0 Å². The highest BCUT2D eigenvalue weighted by molar-refractivity contribution is 7.00. The second kappa shape index (κ2) is 16.2. The fourth-order valence-corrected chi connectivity index (χ4v) is 13.4. The summed E-state index contributed by atoms with van der Waals surface area (Å²) in [6.07, 6.45) is 11.9. The van der Waals surface area contributed by atoms with Crippen LogP contribution in [0.25, 0.3) is 21.9 Å². The van der Waals surface area contributed by atoms with Crippen molar-refractivity contribution in [2.75, 3.05) is 9.80 Å². The molecule has 0 spiro atoms. The predicted molar refractivity (Wildman–Crippen MR) is 294 cm³/mol. The second-order valence-corrected chi connectivity index (χ2v) is 24.3. The monoisotopic (exact) mass is 899 g/mol. The average Bonchev–Trinajstić information content (AvgIpc) is 3.71. The first kappa shape index (κ1) is 45.2. The highest BCUT2D eigenvalue weighted by atomic mass is 16.3. The molecule has 2 atom stereocenters. The van der Waals surface area contributed by atoms with Crippen LogP contribution in [-0.2, 0) is 21.7 Å². The molecule has 0 N–H and O–H groups in total. The number of benzene rings is 6. The second-order valence-electron chi connectivity index (χ2n) is 24.3. The van der Waals surface area contributed by atoms with Gasteiger partial charge in [0.15, 0.2) is 0 Å². The molecule has 3 heterocycles. The first-order valence-corrected chi connectivity index (χ1v) is 26.6. The minimum atomic E-state index is 0.0167. The molecule has 2 aliphatic carbocycles. The van der Waals surface area contributed by atoms with E-state index in [0.717, 1.165) is 24.0 Å². The fourth-order valence-electron chi connectivity index (χ4n) is 13.4. The summed E-state index contributed by atoms with van der Waals surface area (Å²) in [5, 5.41) is 2.39. The molecule has 0 saturated carbocycles. The molecular weight excluding hydrogens is 824 g/mol. The van der Waals surface area contributed by atoms with Gasteiger partial charge in [-0.15, -0.1) is 0 Å². The van der Waals surface area contributed by atoms with Crippen LogP contribution >= 0.6 is 0 Å². The van der Waals surface area contributed by atoms with Gasteiger partial charge in [-0.25, -0.2) is 0 Å². The number of anilines is 6.